The standard InChI is InChI=1S/C11H14ClNO6S/c1-11(16,10(14)15)6-13-20(17,18)9-4-3-7(12)5-8(9)19-2/h3-5,13,16H,6H2,1-2H3,(H,14,15). The summed E-state index contributed by atoms with van der Waals surface area (Å²) in [5.74, 6) is -1.52. The zero-order valence-corrected chi connectivity index (χ0v) is 12.3. The second-order valence-electron chi connectivity index (χ2n) is 4.20. The minimum atomic E-state index is -4.04. The maximum atomic E-state index is 12.1. The number of carbonyl (C=O) groups is 1. The van der Waals surface area contributed by atoms with E-state index in [0.717, 1.165) is 6.92 Å². The van der Waals surface area contributed by atoms with Crippen LogP contribution < -0.4 is 9.46 Å². The Labute approximate surface area is 121 Å². The summed E-state index contributed by atoms with van der Waals surface area (Å²) in [5.41, 5.74) is -2.22. The highest BCUT2D eigenvalue weighted by Gasteiger charge is 2.32. The smallest absolute Gasteiger partial charge is 0.336 e. The Morgan fingerprint density at radius 3 is 2.60 bits per heavy atom. The van der Waals surface area contributed by atoms with Crippen molar-refractivity contribution in [1.29, 1.82) is 0 Å². The average molecular weight is 324 g/mol. The quantitative estimate of drug-likeness (QED) is 0.701. The molecule has 112 valence electrons. The molecule has 0 radical (unpaired) electrons. The SMILES string of the molecule is COc1cc(Cl)ccc1S(=O)(=O)NCC(C)(O)C(=O)O. The van der Waals surface area contributed by atoms with Crippen LogP contribution >= 0.6 is 11.6 Å². The van der Waals surface area contributed by atoms with Gasteiger partial charge < -0.3 is 14.9 Å². The summed E-state index contributed by atoms with van der Waals surface area (Å²) in [6.45, 7) is 0.299. The van der Waals surface area contributed by atoms with E-state index < -0.39 is 28.1 Å². The van der Waals surface area contributed by atoms with Crippen LogP contribution in [0.15, 0.2) is 23.1 Å². The predicted molar refractivity (Wildman–Crippen MR) is 71.5 cm³/mol. The van der Waals surface area contributed by atoms with Gasteiger partial charge in [0, 0.05) is 11.1 Å². The van der Waals surface area contributed by atoms with Crippen LogP contribution in [0.1, 0.15) is 6.92 Å². The van der Waals surface area contributed by atoms with Crippen molar-refractivity contribution in [2.75, 3.05) is 13.7 Å². The van der Waals surface area contributed by atoms with E-state index in [0.29, 0.717) is 5.02 Å². The van der Waals surface area contributed by atoms with E-state index in [1.54, 1.807) is 0 Å². The molecule has 3 N–H and O–H groups in total. The first-order chi connectivity index (χ1) is 9.10. The van der Waals surface area contributed by atoms with Crippen LogP contribution in [0.4, 0.5) is 0 Å². The molecule has 1 atom stereocenters. The van der Waals surface area contributed by atoms with Gasteiger partial charge in [-0.1, -0.05) is 11.6 Å². The maximum Gasteiger partial charge on any atom is 0.336 e. The molecule has 0 fully saturated rings. The van der Waals surface area contributed by atoms with Crippen LogP contribution in [0.3, 0.4) is 0 Å². The van der Waals surface area contributed by atoms with E-state index in [1.165, 1.54) is 25.3 Å². The van der Waals surface area contributed by atoms with E-state index in [2.05, 4.69) is 0 Å². The molecule has 0 bridgehead atoms. The highest BCUT2D eigenvalue weighted by molar-refractivity contribution is 7.89. The maximum absolute atomic E-state index is 12.1. The summed E-state index contributed by atoms with van der Waals surface area (Å²) in [4.78, 5) is 10.5. The third-order valence-electron chi connectivity index (χ3n) is 2.48. The highest BCUT2D eigenvalue weighted by atomic mass is 35.5. The zero-order valence-electron chi connectivity index (χ0n) is 10.8. The molecule has 0 aliphatic heterocycles. The van der Waals surface area contributed by atoms with Gasteiger partial charge in [0.1, 0.15) is 10.6 Å². The molecule has 0 heterocycles. The second kappa shape index (κ2) is 5.96. The molecule has 7 nitrogen and oxygen atoms in total. The molecule has 0 aliphatic rings. The van der Waals surface area contributed by atoms with E-state index in [-0.39, 0.29) is 10.6 Å². The Morgan fingerprint density at radius 1 is 1.50 bits per heavy atom. The number of nitrogens with one attached hydrogen (secondary N) is 1. The summed E-state index contributed by atoms with van der Waals surface area (Å²) in [7, 11) is -2.77. The van der Waals surface area contributed by atoms with Crippen molar-refractivity contribution >= 4 is 27.6 Å². The Kier molecular flexibility index (Phi) is 4.98. The monoisotopic (exact) mass is 323 g/mol. The van der Waals surface area contributed by atoms with Gasteiger partial charge in [0.25, 0.3) is 0 Å². The number of aliphatic carboxylic acids is 1. The summed E-state index contributed by atoms with van der Waals surface area (Å²) in [5, 5.41) is 18.5. The number of ether oxygens (including phenoxy) is 1. The van der Waals surface area contributed by atoms with Crippen molar-refractivity contribution in [3.8, 4) is 5.75 Å². The van der Waals surface area contributed by atoms with Gasteiger partial charge in [-0.2, -0.15) is 0 Å². The fourth-order valence-electron chi connectivity index (χ4n) is 1.25. The van der Waals surface area contributed by atoms with Gasteiger partial charge >= 0.3 is 5.97 Å². The highest BCUT2D eigenvalue weighted by Crippen LogP contribution is 2.27. The number of aliphatic hydroxyl groups is 1. The normalized spacial score (nSPS) is 14.6. The fraction of sp³-hybridized carbons (Fsp3) is 0.364. The number of halogens is 1. The summed E-state index contributed by atoms with van der Waals surface area (Å²) < 4.78 is 31.0. The van der Waals surface area contributed by atoms with Gasteiger partial charge in [-0.15, -0.1) is 0 Å². The van der Waals surface area contributed by atoms with Gasteiger partial charge in [-0.3, -0.25) is 0 Å². The number of carboxylic acid groups (broad SMARTS) is 1. The number of hydrogen-bond donors (Lipinski definition) is 3. The summed E-state index contributed by atoms with van der Waals surface area (Å²) >= 11 is 5.72. The topological polar surface area (TPSA) is 113 Å². The number of methoxy groups -OCH3 is 1. The van der Waals surface area contributed by atoms with Gasteiger partial charge in [0.2, 0.25) is 10.0 Å². The summed E-state index contributed by atoms with van der Waals surface area (Å²) in [6.07, 6.45) is 0. The van der Waals surface area contributed by atoms with Gasteiger partial charge in [0.15, 0.2) is 5.60 Å². The molecule has 1 rings (SSSR count). The van der Waals surface area contributed by atoms with Crippen molar-refractivity contribution < 1.29 is 28.2 Å². The molecule has 20 heavy (non-hydrogen) atoms. The van der Waals surface area contributed by atoms with E-state index in [9.17, 15) is 18.3 Å². The minimum Gasteiger partial charge on any atom is -0.495 e. The van der Waals surface area contributed by atoms with Crippen molar-refractivity contribution in [2.45, 2.75) is 17.4 Å². The minimum absolute atomic E-state index is 0.0139. The molecule has 0 spiro atoms. The number of sulfonamides is 1. The van der Waals surface area contributed by atoms with Crippen molar-refractivity contribution in [1.82, 2.24) is 4.72 Å². The van der Waals surface area contributed by atoms with Crippen LogP contribution in [0.2, 0.25) is 5.02 Å². The van der Waals surface area contributed by atoms with Crippen LogP contribution in [-0.4, -0.2) is 43.9 Å². The molecule has 0 aromatic heterocycles. The number of hydrogen-bond acceptors (Lipinski definition) is 5. The van der Waals surface area contributed by atoms with Crippen LogP contribution in [-0.2, 0) is 14.8 Å². The molecule has 1 aromatic carbocycles. The average Bonchev–Trinajstić information content (AvgIpc) is 2.36. The third kappa shape index (κ3) is 3.83. The van der Waals surface area contributed by atoms with Crippen molar-refractivity contribution in [3.05, 3.63) is 23.2 Å². The lowest BCUT2D eigenvalue weighted by Gasteiger charge is -2.19. The first kappa shape index (κ1) is 16.7. The van der Waals surface area contributed by atoms with Gasteiger partial charge in [0.05, 0.1) is 13.7 Å². The van der Waals surface area contributed by atoms with Crippen molar-refractivity contribution in [3.63, 3.8) is 0 Å². The van der Waals surface area contributed by atoms with Crippen molar-refractivity contribution in [2.24, 2.45) is 0 Å². The largest absolute Gasteiger partial charge is 0.495 e. The molecular formula is C11H14ClNO6S. The fourth-order valence-corrected chi connectivity index (χ4v) is 2.70. The number of rotatable bonds is 6. The molecule has 0 saturated heterocycles. The Morgan fingerprint density at radius 2 is 2.10 bits per heavy atom. The third-order valence-corrected chi connectivity index (χ3v) is 4.16. The van der Waals surface area contributed by atoms with Crippen LogP contribution in [0, 0.1) is 0 Å². The molecular weight excluding hydrogens is 310 g/mol. The van der Waals surface area contributed by atoms with E-state index in [4.69, 9.17) is 21.4 Å². The first-order valence-electron chi connectivity index (χ1n) is 5.39. The van der Waals surface area contributed by atoms with Crippen LogP contribution in [0.25, 0.3) is 0 Å². The number of benzene rings is 1. The molecule has 0 saturated carbocycles. The lowest BCUT2D eigenvalue weighted by atomic mass is 10.1. The second-order valence-corrected chi connectivity index (χ2v) is 6.37. The molecule has 0 amide bonds. The number of carboxylic acids is 1. The van der Waals surface area contributed by atoms with E-state index in [1.807, 2.05) is 4.72 Å². The predicted octanol–water partition coefficient (Wildman–Crippen LogP) is 0.463. The Bertz CT molecular complexity index is 613. The molecule has 0 aliphatic carbocycles. The Hall–Kier alpha value is -1.35. The lowest BCUT2D eigenvalue weighted by Crippen LogP contribution is -2.46. The van der Waals surface area contributed by atoms with Gasteiger partial charge in [-0.25, -0.2) is 17.9 Å². The molecule has 1 aromatic rings. The first-order valence-corrected chi connectivity index (χ1v) is 7.25. The van der Waals surface area contributed by atoms with E-state index >= 15 is 0 Å². The molecule has 9 heteroatoms. The van der Waals surface area contributed by atoms with Crippen LogP contribution in [0.5, 0.6) is 5.75 Å². The van der Waals surface area contributed by atoms with Gasteiger partial charge in [-0.05, 0) is 19.1 Å². The Balaban J connectivity index is 3.04. The lowest BCUT2D eigenvalue weighted by molar-refractivity contribution is -0.155. The summed E-state index contributed by atoms with van der Waals surface area (Å²) in [6, 6.07) is 3.89. The zero-order chi connectivity index (χ0) is 15.6. The molecule has 1 unspecified atom stereocenters.